The van der Waals surface area contributed by atoms with Crippen molar-refractivity contribution in [2.45, 2.75) is 39.2 Å². The predicted molar refractivity (Wildman–Crippen MR) is 90.6 cm³/mol. The van der Waals surface area contributed by atoms with E-state index < -0.39 is 27.9 Å². The van der Waals surface area contributed by atoms with Crippen molar-refractivity contribution in [1.29, 1.82) is 0 Å². The van der Waals surface area contributed by atoms with Crippen LogP contribution in [0.4, 0.5) is 5.13 Å². The maximum atomic E-state index is 12.5. The Morgan fingerprint density at radius 2 is 2.12 bits per heavy atom. The summed E-state index contributed by atoms with van der Waals surface area (Å²) in [5, 5.41) is 2.89. The SMILES string of the molecule is CCOC(=O)c1sc(NC(=O)[C@@H]2CCCCN2S(C)(=O)=O)nc1C. The molecule has 1 aliphatic rings. The Morgan fingerprint density at radius 1 is 1.42 bits per heavy atom. The summed E-state index contributed by atoms with van der Waals surface area (Å²) < 4.78 is 29.8. The third-order valence-corrected chi connectivity index (χ3v) is 6.01. The van der Waals surface area contributed by atoms with E-state index in [0.29, 0.717) is 23.5 Å². The first-order chi connectivity index (χ1) is 11.2. The predicted octanol–water partition coefficient (Wildman–Crippen LogP) is 1.38. The van der Waals surface area contributed by atoms with E-state index in [2.05, 4.69) is 10.3 Å². The third-order valence-electron chi connectivity index (χ3n) is 3.67. The van der Waals surface area contributed by atoms with Crippen molar-refractivity contribution in [3.8, 4) is 0 Å². The highest BCUT2D eigenvalue weighted by atomic mass is 32.2. The first kappa shape index (κ1) is 18.8. The Morgan fingerprint density at radius 3 is 2.75 bits per heavy atom. The highest BCUT2D eigenvalue weighted by Crippen LogP contribution is 2.26. The fourth-order valence-corrected chi connectivity index (χ4v) is 4.58. The van der Waals surface area contributed by atoms with Gasteiger partial charge in [-0.05, 0) is 26.7 Å². The number of piperidine rings is 1. The van der Waals surface area contributed by atoms with Crippen LogP contribution in [0.2, 0.25) is 0 Å². The number of carbonyl (C=O) groups is 2. The second-order valence-electron chi connectivity index (χ2n) is 5.53. The molecule has 1 saturated heterocycles. The van der Waals surface area contributed by atoms with Gasteiger partial charge in [-0.1, -0.05) is 17.8 Å². The molecule has 0 saturated carbocycles. The minimum Gasteiger partial charge on any atom is -0.462 e. The lowest BCUT2D eigenvalue weighted by atomic mass is 10.0. The number of hydrogen-bond acceptors (Lipinski definition) is 7. The molecule has 2 heterocycles. The summed E-state index contributed by atoms with van der Waals surface area (Å²) in [7, 11) is -3.45. The highest BCUT2D eigenvalue weighted by molar-refractivity contribution is 7.88. The standard InChI is InChI=1S/C14H21N3O5S2/c1-4-22-13(19)11-9(2)15-14(23-11)16-12(18)10-7-5-6-8-17(10)24(3,20)21/h10H,4-8H2,1-3H3,(H,15,16,18)/t10-/m0/s1. The summed E-state index contributed by atoms with van der Waals surface area (Å²) in [5.74, 6) is -0.910. The molecule has 1 aromatic rings. The van der Waals surface area contributed by atoms with Crippen LogP contribution in [-0.4, -0.2) is 55.0 Å². The molecule has 0 spiro atoms. The van der Waals surface area contributed by atoms with Gasteiger partial charge in [-0.3, -0.25) is 4.79 Å². The number of sulfonamides is 1. The summed E-state index contributed by atoms with van der Waals surface area (Å²) in [5.41, 5.74) is 0.470. The van der Waals surface area contributed by atoms with Gasteiger partial charge in [0.15, 0.2) is 5.13 Å². The molecule has 1 amide bonds. The molecule has 10 heteroatoms. The first-order valence-corrected chi connectivity index (χ1v) is 10.3. The molecule has 1 aliphatic heterocycles. The van der Waals surface area contributed by atoms with Crippen LogP contribution in [-0.2, 0) is 19.6 Å². The summed E-state index contributed by atoms with van der Waals surface area (Å²) in [6, 6.07) is -0.746. The third kappa shape index (κ3) is 4.31. The van der Waals surface area contributed by atoms with Crippen LogP contribution in [0, 0.1) is 6.92 Å². The largest absolute Gasteiger partial charge is 0.462 e. The van der Waals surface area contributed by atoms with Crippen molar-refractivity contribution in [1.82, 2.24) is 9.29 Å². The summed E-state index contributed by atoms with van der Waals surface area (Å²) in [4.78, 5) is 28.8. The van der Waals surface area contributed by atoms with E-state index in [1.807, 2.05) is 0 Å². The summed E-state index contributed by atoms with van der Waals surface area (Å²) in [6.07, 6.45) is 3.09. The minimum atomic E-state index is -3.45. The lowest BCUT2D eigenvalue weighted by Gasteiger charge is -2.32. The Hall–Kier alpha value is -1.52. The molecule has 0 aromatic carbocycles. The van der Waals surface area contributed by atoms with Gasteiger partial charge in [0.25, 0.3) is 0 Å². The minimum absolute atomic E-state index is 0.253. The average Bonchev–Trinajstić information content (AvgIpc) is 2.87. The number of nitrogens with one attached hydrogen (secondary N) is 1. The number of carbonyl (C=O) groups excluding carboxylic acids is 2. The molecule has 0 bridgehead atoms. The molecular formula is C14H21N3O5S2. The molecule has 24 heavy (non-hydrogen) atoms. The van der Waals surface area contributed by atoms with Gasteiger partial charge in [0, 0.05) is 6.54 Å². The topological polar surface area (TPSA) is 106 Å². The van der Waals surface area contributed by atoms with Crippen LogP contribution in [0.25, 0.3) is 0 Å². The van der Waals surface area contributed by atoms with Crippen molar-refractivity contribution in [3.63, 3.8) is 0 Å². The Bertz CT molecular complexity index is 729. The number of thiazole rings is 1. The van der Waals surface area contributed by atoms with Crippen LogP contribution >= 0.6 is 11.3 Å². The Labute approximate surface area is 145 Å². The number of amides is 1. The zero-order valence-electron chi connectivity index (χ0n) is 13.9. The molecule has 1 N–H and O–H groups in total. The number of hydrogen-bond donors (Lipinski definition) is 1. The molecule has 0 unspecified atom stereocenters. The Balaban J connectivity index is 2.14. The quantitative estimate of drug-likeness (QED) is 0.780. The molecule has 134 valence electrons. The van der Waals surface area contributed by atoms with E-state index in [9.17, 15) is 18.0 Å². The van der Waals surface area contributed by atoms with Gasteiger partial charge in [0.1, 0.15) is 10.9 Å². The van der Waals surface area contributed by atoms with Gasteiger partial charge in [0.05, 0.1) is 18.6 Å². The van der Waals surface area contributed by atoms with Gasteiger partial charge in [-0.15, -0.1) is 0 Å². The van der Waals surface area contributed by atoms with E-state index in [1.165, 1.54) is 4.31 Å². The monoisotopic (exact) mass is 375 g/mol. The van der Waals surface area contributed by atoms with E-state index >= 15 is 0 Å². The normalized spacial score (nSPS) is 19.0. The number of nitrogens with zero attached hydrogens (tertiary/aromatic N) is 2. The molecule has 1 fully saturated rings. The highest BCUT2D eigenvalue weighted by Gasteiger charge is 2.35. The number of ether oxygens (including phenoxy) is 1. The fourth-order valence-electron chi connectivity index (χ4n) is 2.59. The van der Waals surface area contributed by atoms with Crippen LogP contribution in [0.3, 0.4) is 0 Å². The maximum absolute atomic E-state index is 12.5. The molecule has 8 nitrogen and oxygen atoms in total. The van der Waals surface area contributed by atoms with Gasteiger partial charge in [-0.25, -0.2) is 18.2 Å². The second kappa shape index (κ2) is 7.58. The van der Waals surface area contributed by atoms with E-state index in [0.717, 1.165) is 30.4 Å². The molecule has 0 aliphatic carbocycles. The molecule has 1 atom stereocenters. The lowest BCUT2D eigenvalue weighted by molar-refractivity contribution is -0.120. The van der Waals surface area contributed by atoms with Crippen LogP contribution in [0.5, 0.6) is 0 Å². The maximum Gasteiger partial charge on any atom is 0.350 e. The molecule has 0 radical (unpaired) electrons. The van der Waals surface area contributed by atoms with Crippen molar-refractivity contribution < 1.29 is 22.7 Å². The number of esters is 1. The van der Waals surface area contributed by atoms with E-state index in [1.54, 1.807) is 13.8 Å². The second-order valence-corrected chi connectivity index (χ2v) is 8.46. The molecular weight excluding hydrogens is 354 g/mol. The van der Waals surface area contributed by atoms with Gasteiger partial charge >= 0.3 is 5.97 Å². The van der Waals surface area contributed by atoms with E-state index in [4.69, 9.17) is 4.74 Å². The summed E-state index contributed by atoms with van der Waals surface area (Å²) >= 11 is 1.02. The van der Waals surface area contributed by atoms with Crippen LogP contribution in [0.15, 0.2) is 0 Å². The van der Waals surface area contributed by atoms with Gasteiger partial charge < -0.3 is 10.1 Å². The van der Waals surface area contributed by atoms with Crippen LogP contribution < -0.4 is 5.32 Å². The fraction of sp³-hybridized carbons (Fsp3) is 0.643. The molecule has 2 rings (SSSR count). The average molecular weight is 375 g/mol. The van der Waals surface area contributed by atoms with Crippen molar-refractivity contribution in [2.75, 3.05) is 24.7 Å². The van der Waals surface area contributed by atoms with Gasteiger partial charge in [-0.2, -0.15) is 4.31 Å². The number of aromatic nitrogens is 1. The molecule has 1 aromatic heterocycles. The van der Waals surface area contributed by atoms with Crippen LogP contribution in [0.1, 0.15) is 41.6 Å². The zero-order valence-corrected chi connectivity index (χ0v) is 15.5. The van der Waals surface area contributed by atoms with Crippen molar-refractivity contribution in [3.05, 3.63) is 10.6 Å². The van der Waals surface area contributed by atoms with E-state index in [-0.39, 0.29) is 11.7 Å². The first-order valence-electron chi connectivity index (χ1n) is 7.66. The zero-order chi connectivity index (χ0) is 17.9. The number of anilines is 1. The van der Waals surface area contributed by atoms with Gasteiger partial charge in [0.2, 0.25) is 15.9 Å². The number of rotatable bonds is 5. The number of aryl methyl sites for hydroxylation is 1. The lowest BCUT2D eigenvalue weighted by Crippen LogP contribution is -2.49. The van der Waals surface area contributed by atoms with Crippen molar-refractivity contribution in [2.24, 2.45) is 0 Å². The Kier molecular flexibility index (Phi) is 5.94. The smallest absolute Gasteiger partial charge is 0.350 e. The summed E-state index contributed by atoms with van der Waals surface area (Å²) in [6.45, 7) is 3.95. The van der Waals surface area contributed by atoms with Crippen molar-refractivity contribution >= 4 is 38.4 Å².